The van der Waals surface area contributed by atoms with Crippen molar-refractivity contribution in [1.82, 2.24) is 4.90 Å². The molecule has 0 aliphatic carbocycles. The molecule has 1 amide bonds. The van der Waals surface area contributed by atoms with E-state index in [-0.39, 0.29) is 25.3 Å². The predicted molar refractivity (Wildman–Crippen MR) is 67.0 cm³/mol. The van der Waals surface area contributed by atoms with Crippen molar-refractivity contribution in [2.45, 2.75) is 25.2 Å². The average Bonchev–Trinajstić information content (AvgIpc) is 2.65. The molecule has 1 saturated heterocycles. The molecular weight excluding hydrogens is 306 g/mol. The van der Waals surface area contributed by atoms with E-state index in [1.807, 2.05) is 0 Å². The van der Waals surface area contributed by atoms with Crippen molar-refractivity contribution in [3.05, 3.63) is 34.1 Å². The molecule has 1 fully saturated rings. The first kappa shape index (κ1) is 13.4. The molecule has 6 heteroatoms. The third-order valence-electron chi connectivity index (χ3n) is 3.10. The molecule has 3 nitrogen and oxygen atoms in total. The number of benzene rings is 1. The number of alkyl halides is 1. The lowest BCUT2D eigenvalue weighted by molar-refractivity contribution is -0.122. The Morgan fingerprint density at radius 2 is 2.28 bits per heavy atom. The summed E-state index contributed by atoms with van der Waals surface area (Å²) in [5.74, 6) is -0.947. The second-order valence-corrected chi connectivity index (χ2v) is 5.24. The topological polar surface area (TPSA) is 46.3 Å². The smallest absolute Gasteiger partial charge is 0.234 e. The number of nitrogens with two attached hydrogens (primary N) is 1. The van der Waals surface area contributed by atoms with Gasteiger partial charge in [-0.3, -0.25) is 9.69 Å². The fraction of sp³-hybridized carbons (Fsp3) is 0.417. The van der Waals surface area contributed by atoms with E-state index >= 15 is 0 Å². The summed E-state index contributed by atoms with van der Waals surface area (Å²) in [7, 11) is 0. The van der Waals surface area contributed by atoms with Gasteiger partial charge in [-0.05, 0) is 12.1 Å². The fourth-order valence-corrected chi connectivity index (χ4v) is 2.67. The number of carbonyl (C=O) groups is 1. The molecule has 0 bridgehead atoms. The number of hydrogen-bond donors (Lipinski definition) is 1. The highest BCUT2D eigenvalue weighted by Crippen LogP contribution is 2.27. The average molecular weight is 319 g/mol. The lowest BCUT2D eigenvalue weighted by Crippen LogP contribution is -2.40. The first-order valence-electron chi connectivity index (χ1n) is 5.59. The second-order valence-electron chi connectivity index (χ2n) is 4.38. The SMILES string of the molecule is NC(=O)[C@@H]1C[C@@H](F)CN1Cc1c(F)cccc1Br. The molecule has 2 atom stereocenters. The van der Waals surface area contributed by atoms with E-state index in [4.69, 9.17) is 5.73 Å². The Hall–Kier alpha value is -1.01. The van der Waals surface area contributed by atoms with Crippen molar-refractivity contribution in [1.29, 1.82) is 0 Å². The molecule has 1 aromatic rings. The molecule has 1 aliphatic rings. The third kappa shape index (κ3) is 2.70. The van der Waals surface area contributed by atoms with Crippen molar-refractivity contribution in [2.24, 2.45) is 5.73 Å². The molecular formula is C12H13BrF2N2O. The minimum Gasteiger partial charge on any atom is -0.368 e. The molecule has 0 spiro atoms. The van der Waals surface area contributed by atoms with Crippen LogP contribution in [0, 0.1) is 5.82 Å². The Balaban J connectivity index is 2.20. The van der Waals surface area contributed by atoms with Crippen LogP contribution in [-0.4, -0.2) is 29.6 Å². The number of rotatable bonds is 3. The Morgan fingerprint density at radius 3 is 2.89 bits per heavy atom. The van der Waals surface area contributed by atoms with Crippen LogP contribution >= 0.6 is 15.9 Å². The number of halogens is 3. The molecule has 1 aromatic carbocycles. The van der Waals surface area contributed by atoms with E-state index in [0.29, 0.717) is 10.0 Å². The Kier molecular flexibility index (Phi) is 3.97. The van der Waals surface area contributed by atoms with Crippen molar-refractivity contribution in [3.8, 4) is 0 Å². The number of primary amides is 1. The first-order valence-corrected chi connectivity index (χ1v) is 6.38. The summed E-state index contributed by atoms with van der Waals surface area (Å²) < 4.78 is 27.6. The number of likely N-dealkylation sites (tertiary alicyclic amines) is 1. The Labute approximate surface area is 112 Å². The Bertz CT molecular complexity index is 449. The van der Waals surface area contributed by atoms with E-state index in [9.17, 15) is 13.6 Å². The summed E-state index contributed by atoms with van der Waals surface area (Å²) >= 11 is 3.25. The van der Waals surface area contributed by atoms with Crippen LogP contribution in [0.4, 0.5) is 8.78 Å². The van der Waals surface area contributed by atoms with Gasteiger partial charge in [0.2, 0.25) is 5.91 Å². The summed E-state index contributed by atoms with van der Waals surface area (Å²) in [6.07, 6.45) is -1.01. The van der Waals surface area contributed by atoms with Crippen LogP contribution in [0.25, 0.3) is 0 Å². The van der Waals surface area contributed by atoms with Gasteiger partial charge in [-0.25, -0.2) is 8.78 Å². The molecule has 18 heavy (non-hydrogen) atoms. The van der Waals surface area contributed by atoms with Gasteiger partial charge in [0.25, 0.3) is 0 Å². The van der Waals surface area contributed by atoms with E-state index in [0.717, 1.165) is 0 Å². The highest BCUT2D eigenvalue weighted by atomic mass is 79.9. The van der Waals surface area contributed by atoms with Gasteiger partial charge in [0.1, 0.15) is 12.0 Å². The zero-order valence-electron chi connectivity index (χ0n) is 9.57. The maximum absolute atomic E-state index is 13.7. The van der Waals surface area contributed by atoms with Crippen LogP contribution in [0.3, 0.4) is 0 Å². The maximum Gasteiger partial charge on any atom is 0.234 e. The maximum atomic E-state index is 13.7. The van der Waals surface area contributed by atoms with E-state index in [1.165, 1.54) is 6.07 Å². The summed E-state index contributed by atoms with van der Waals surface area (Å²) in [6, 6.07) is 3.96. The van der Waals surface area contributed by atoms with Gasteiger partial charge in [0.15, 0.2) is 0 Å². The predicted octanol–water partition coefficient (Wildman–Crippen LogP) is 1.99. The van der Waals surface area contributed by atoms with Crippen molar-refractivity contribution >= 4 is 21.8 Å². The van der Waals surface area contributed by atoms with Gasteiger partial charge >= 0.3 is 0 Å². The minimum atomic E-state index is -1.09. The second kappa shape index (κ2) is 5.32. The van der Waals surface area contributed by atoms with Crippen LogP contribution in [0.1, 0.15) is 12.0 Å². The van der Waals surface area contributed by atoms with Gasteiger partial charge in [0, 0.05) is 29.5 Å². The zero-order chi connectivity index (χ0) is 13.3. The molecule has 98 valence electrons. The largest absolute Gasteiger partial charge is 0.368 e. The zero-order valence-corrected chi connectivity index (χ0v) is 11.2. The normalized spacial score (nSPS) is 24.4. The lowest BCUT2D eigenvalue weighted by Gasteiger charge is -2.22. The minimum absolute atomic E-state index is 0.0847. The molecule has 0 saturated carbocycles. The first-order chi connectivity index (χ1) is 8.49. The molecule has 0 radical (unpaired) electrons. The number of amides is 1. The van der Waals surface area contributed by atoms with Crippen LogP contribution in [-0.2, 0) is 11.3 Å². The number of hydrogen-bond acceptors (Lipinski definition) is 2. The quantitative estimate of drug-likeness (QED) is 0.926. The van der Waals surface area contributed by atoms with Gasteiger partial charge in [-0.15, -0.1) is 0 Å². The summed E-state index contributed by atoms with van der Waals surface area (Å²) in [4.78, 5) is 12.8. The molecule has 2 rings (SSSR count). The van der Waals surface area contributed by atoms with Crippen LogP contribution in [0.2, 0.25) is 0 Å². The van der Waals surface area contributed by atoms with Crippen LogP contribution in [0.15, 0.2) is 22.7 Å². The fourth-order valence-electron chi connectivity index (χ4n) is 2.20. The van der Waals surface area contributed by atoms with Crippen LogP contribution < -0.4 is 5.73 Å². The van der Waals surface area contributed by atoms with Crippen molar-refractivity contribution in [2.75, 3.05) is 6.54 Å². The van der Waals surface area contributed by atoms with Gasteiger partial charge in [-0.2, -0.15) is 0 Å². The van der Waals surface area contributed by atoms with Crippen molar-refractivity contribution < 1.29 is 13.6 Å². The number of nitrogens with zero attached hydrogens (tertiary/aromatic N) is 1. The van der Waals surface area contributed by atoms with E-state index < -0.39 is 18.1 Å². The number of carbonyl (C=O) groups excluding carboxylic acids is 1. The standard InChI is InChI=1S/C12H13BrF2N2O/c13-9-2-1-3-10(15)8(9)6-17-5-7(14)4-11(17)12(16)18/h1-3,7,11H,4-6H2,(H2,16,18)/t7-,11+/m1/s1. The Morgan fingerprint density at radius 1 is 1.56 bits per heavy atom. The summed E-state index contributed by atoms with van der Waals surface area (Å²) in [6.45, 7) is 0.273. The van der Waals surface area contributed by atoms with Crippen LogP contribution in [0.5, 0.6) is 0 Å². The van der Waals surface area contributed by atoms with Crippen molar-refractivity contribution in [3.63, 3.8) is 0 Å². The van der Waals surface area contributed by atoms with Gasteiger partial charge in [0.05, 0.1) is 6.04 Å². The third-order valence-corrected chi connectivity index (χ3v) is 3.85. The molecule has 0 unspecified atom stereocenters. The highest BCUT2D eigenvalue weighted by molar-refractivity contribution is 9.10. The molecule has 0 aromatic heterocycles. The van der Waals surface area contributed by atoms with E-state index in [2.05, 4.69) is 15.9 Å². The highest BCUT2D eigenvalue weighted by Gasteiger charge is 2.36. The molecule has 2 N–H and O–H groups in total. The monoisotopic (exact) mass is 318 g/mol. The van der Waals surface area contributed by atoms with Gasteiger partial charge in [-0.1, -0.05) is 22.0 Å². The van der Waals surface area contributed by atoms with E-state index in [1.54, 1.807) is 17.0 Å². The molecule has 1 heterocycles. The van der Waals surface area contributed by atoms with Gasteiger partial charge < -0.3 is 5.73 Å². The lowest BCUT2D eigenvalue weighted by atomic mass is 10.1. The molecule has 1 aliphatic heterocycles. The summed E-state index contributed by atoms with van der Waals surface area (Å²) in [5.41, 5.74) is 5.64. The summed E-state index contributed by atoms with van der Waals surface area (Å²) in [5, 5.41) is 0.